The highest BCUT2D eigenvalue weighted by atomic mass is 79.9. The van der Waals surface area contributed by atoms with E-state index in [1.807, 2.05) is 0 Å². The zero-order chi connectivity index (χ0) is 12.6. The van der Waals surface area contributed by atoms with Crippen LogP contribution in [0.15, 0.2) is 27.4 Å². The predicted octanol–water partition coefficient (Wildman–Crippen LogP) is 3.49. The van der Waals surface area contributed by atoms with E-state index in [2.05, 4.69) is 37.0 Å². The molecule has 0 N–H and O–H groups in total. The third-order valence-electron chi connectivity index (χ3n) is 2.08. The summed E-state index contributed by atoms with van der Waals surface area (Å²) in [5, 5.41) is 3.99. The van der Waals surface area contributed by atoms with E-state index in [0.717, 1.165) is 12.1 Å². The number of benzene rings is 1. The molecule has 0 aliphatic heterocycles. The van der Waals surface area contributed by atoms with Crippen LogP contribution in [0, 0.1) is 11.6 Å². The van der Waals surface area contributed by atoms with Crippen LogP contribution in [0.25, 0.3) is 5.69 Å². The molecule has 0 saturated carbocycles. The van der Waals surface area contributed by atoms with Gasteiger partial charge in [0, 0.05) is 6.07 Å². The third-order valence-corrected chi connectivity index (χ3v) is 3.43. The number of carbonyl (C=O) groups excluding carboxylic acids is 1. The molecule has 0 saturated heterocycles. The summed E-state index contributed by atoms with van der Waals surface area (Å²) in [5.74, 6) is -1.92. The Morgan fingerprint density at radius 3 is 2.47 bits per heavy atom. The van der Waals surface area contributed by atoms with E-state index < -0.39 is 11.6 Å². The van der Waals surface area contributed by atoms with Gasteiger partial charge in [0.1, 0.15) is 9.21 Å². The number of nitrogens with zero attached hydrogens (tertiary/aromatic N) is 2. The van der Waals surface area contributed by atoms with Crippen LogP contribution in [0.1, 0.15) is 10.4 Å². The van der Waals surface area contributed by atoms with Crippen LogP contribution in [0.4, 0.5) is 8.78 Å². The lowest BCUT2D eigenvalue weighted by Crippen LogP contribution is -1.98. The van der Waals surface area contributed by atoms with Gasteiger partial charge in [-0.05, 0) is 44.0 Å². The number of aldehydes is 1. The maximum Gasteiger partial charge on any atom is 0.160 e. The number of aromatic nitrogens is 2. The van der Waals surface area contributed by atoms with E-state index in [9.17, 15) is 13.6 Å². The largest absolute Gasteiger partial charge is 0.298 e. The second kappa shape index (κ2) is 4.66. The van der Waals surface area contributed by atoms with E-state index in [4.69, 9.17) is 0 Å². The predicted molar refractivity (Wildman–Crippen MR) is 64.3 cm³/mol. The lowest BCUT2D eigenvalue weighted by molar-refractivity contribution is 0.112. The summed E-state index contributed by atoms with van der Waals surface area (Å²) < 4.78 is 27.8. The number of halogens is 4. The van der Waals surface area contributed by atoms with Crippen LogP contribution in [0.3, 0.4) is 0 Å². The summed E-state index contributed by atoms with van der Waals surface area (Å²) in [6, 6.07) is 3.35. The molecular formula is C10H4Br2F2N2O. The molecule has 17 heavy (non-hydrogen) atoms. The standard InChI is InChI=1S/C10H4Br2F2N2O/c11-9-6(4-17)10(12)16(15-9)5-1-2-7(13)8(14)3-5/h1-4H. The summed E-state index contributed by atoms with van der Waals surface area (Å²) in [6.45, 7) is 0. The second-order valence-corrected chi connectivity index (χ2v) is 4.63. The van der Waals surface area contributed by atoms with Crippen LogP contribution >= 0.6 is 31.9 Å². The van der Waals surface area contributed by atoms with E-state index in [0.29, 0.717) is 26.7 Å². The Kier molecular flexibility index (Phi) is 3.39. The van der Waals surface area contributed by atoms with Gasteiger partial charge in [0.15, 0.2) is 17.9 Å². The van der Waals surface area contributed by atoms with Crippen molar-refractivity contribution in [3.63, 3.8) is 0 Å². The first-order valence-electron chi connectivity index (χ1n) is 4.39. The van der Waals surface area contributed by atoms with Gasteiger partial charge >= 0.3 is 0 Å². The highest BCUT2D eigenvalue weighted by Crippen LogP contribution is 2.26. The number of hydrogen-bond donors (Lipinski definition) is 0. The average Bonchev–Trinajstić information content (AvgIpc) is 2.58. The minimum atomic E-state index is -0.978. The molecule has 0 aliphatic rings. The third kappa shape index (κ3) is 2.16. The van der Waals surface area contributed by atoms with Crippen molar-refractivity contribution in [2.75, 3.05) is 0 Å². The minimum Gasteiger partial charge on any atom is -0.298 e. The molecule has 0 atom stereocenters. The van der Waals surface area contributed by atoms with E-state index in [1.165, 1.54) is 10.7 Å². The quantitative estimate of drug-likeness (QED) is 0.763. The SMILES string of the molecule is O=Cc1c(Br)nn(-c2ccc(F)c(F)c2)c1Br. The van der Waals surface area contributed by atoms with Crippen molar-refractivity contribution < 1.29 is 13.6 Å². The fraction of sp³-hybridized carbons (Fsp3) is 0. The van der Waals surface area contributed by atoms with E-state index in [-0.39, 0.29) is 0 Å². The maximum atomic E-state index is 13.1. The van der Waals surface area contributed by atoms with Crippen molar-refractivity contribution >= 4 is 38.1 Å². The second-order valence-electron chi connectivity index (χ2n) is 3.12. The molecule has 0 fully saturated rings. The number of hydrogen-bond acceptors (Lipinski definition) is 2. The van der Waals surface area contributed by atoms with Crippen LogP contribution < -0.4 is 0 Å². The van der Waals surface area contributed by atoms with Crippen molar-refractivity contribution in [1.29, 1.82) is 0 Å². The molecule has 1 heterocycles. The topological polar surface area (TPSA) is 34.9 Å². The molecule has 7 heteroatoms. The van der Waals surface area contributed by atoms with Gasteiger partial charge in [-0.2, -0.15) is 5.10 Å². The van der Waals surface area contributed by atoms with Crippen molar-refractivity contribution in [3.05, 3.63) is 44.6 Å². The lowest BCUT2D eigenvalue weighted by atomic mass is 10.3. The average molecular weight is 366 g/mol. The molecule has 3 nitrogen and oxygen atoms in total. The smallest absolute Gasteiger partial charge is 0.160 e. The van der Waals surface area contributed by atoms with Gasteiger partial charge in [-0.25, -0.2) is 13.5 Å². The summed E-state index contributed by atoms with van der Waals surface area (Å²) in [6.07, 6.45) is 0.609. The molecule has 0 unspecified atom stereocenters. The van der Waals surface area contributed by atoms with E-state index in [1.54, 1.807) is 0 Å². The van der Waals surface area contributed by atoms with Gasteiger partial charge in [0.25, 0.3) is 0 Å². The van der Waals surface area contributed by atoms with Gasteiger partial charge in [0.05, 0.1) is 11.3 Å². The van der Waals surface area contributed by atoms with Crippen molar-refractivity contribution in [1.82, 2.24) is 9.78 Å². The molecule has 0 amide bonds. The summed E-state index contributed by atoms with van der Waals surface area (Å²) in [5.41, 5.74) is 0.610. The van der Waals surface area contributed by atoms with Crippen molar-refractivity contribution in [3.8, 4) is 5.69 Å². The van der Waals surface area contributed by atoms with Crippen LogP contribution in [-0.4, -0.2) is 16.1 Å². The number of carbonyl (C=O) groups is 1. The molecule has 0 aliphatic carbocycles. The Morgan fingerprint density at radius 1 is 1.24 bits per heavy atom. The molecule has 0 radical (unpaired) electrons. The van der Waals surface area contributed by atoms with Gasteiger partial charge in [-0.3, -0.25) is 4.79 Å². The van der Waals surface area contributed by atoms with Crippen LogP contribution in [-0.2, 0) is 0 Å². The van der Waals surface area contributed by atoms with Crippen LogP contribution in [0.5, 0.6) is 0 Å². The molecule has 2 aromatic rings. The lowest BCUT2D eigenvalue weighted by Gasteiger charge is -2.03. The molecule has 1 aromatic heterocycles. The first kappa shape index (κ1) is 12.4. The zero-order valence-electron chi connectivity index (χ0n) is 8.12. The summed E-state index contributed by atoms with van der Waals surface area (Å²) >= 11 is 6.26. The Hall–Kier alpha value is -1.08. The molecule has 0 spiro atoms. The molecular weight excluding hydrogens is 362 g/mol. The highest BCUT2D eigenvalue weighted by Gasteiger charge is 2.15. The Morgan fingerprint density at radius 2 is 1.94 bits per heavy atom. The van der Waals surface area contributed by atoms with Gasteiger partial charge in [-0.15, -0.1) is 0 Å². The number of rotatable bonds is 2. The highest BCUT2D eigenvalue weighted by molar-refractivity contribution is 9.11. The Labute approximate surface area is 112 Å². The Bertz CT molecular complexity index is 598. The summed E-state index contributed by atoms with van der Waals surface area (Å²) in [7, 11) is 0. The summed E-state index contributed by atoms with van der Waals surface area (Å²) in [4.78, 5) is 10.8. The van der Waals surface area contributed by atoms with Gasteiger partial charge in [0.2, 0.25) is 0 Å². The van der Waals surface area contributed by atoms with Crippen molar-refractivity contribution in [2.45, 2.75) is 0 Å². The first-order valence-corrected chi connectivity index (χ1v) is 5.98. The maximum absolute atomic E-state index is 13.1. The van der Waals surface area contributed by atoms with Gasteiger partial charge in [-0.1, -0.05) is 0 Å². The first-order chi connectivity index (χ1) is 8.04. The molecule has 88 valence electrons. The zero-order valence-corrected chi connectivity index (χ0v) is 11.3. The van der Waals surface area contributed by atoms with Gasteiger partial charge < -0.3 is 0 Å². The van der Waals surface area contributed by atoms with Crippen LogP contribution in [0.2, 0.25) is 0 Å². The fourth-order valence-electron chi connectivity index (χ4n) is 1.27. The van der Waals surface area contributed by atoms with E-state index >= 15 is 0 Å². The molecule has 1 aromatic carbocycles. The fourth-order valence-corrected chi connectivity index (χ4v) is 2.54. The minimum absolute atomic E-state index is 0.301. The normalized spacial score (nSPS) is 10.6. The monoisotopic (exact) mass is 364 g/mol. The van der Waals surface area contributed by atoms with Crippen molar-refractivity contribution in [2.24, 2.45) is 0 Å². The molecule has 2 rings (SSSR count). The molecule has 0 bridgehead atoms. The Balaban J connectivity index is 2.60.